The topological polar surface area (TPSA) is 45.2 Å². The predicted octanol–water partition coefficient (Wildman–Crippen LogP) is 2.63. The van der Waals surface area contributed by atoms with E-state index >= 15 is 0 Å². The number of amides is 1. The zero-order valence-electron chi connectivity index (χ0n) is 12.6. The van der Waals surface area contributed by atoms with E-state index in [0.717, 1.165) is 16.9 Å². The van der Waals surface area contributed by atoms with E-state index in [4.69, 9.17) is 0 Å². The molecule has 5 heteroatoms. The second kappa shape index (κ2) is 8.46. The van der Waals surface area contributed by atoms with Gasteiger partial charge in [0.25, 0.3) is 0 Å². The van der Waals surface area contributed by atoms with Gasteiger partial charge in [0.15, 0.2) is 0 Å². The average Bonchev–Trinajstić information content (AvgIpc) is 2.90. The second-order valence-electron chi connectivity index (χ2n) is 4.95. The molecule has 116 valence electrons. The van der Waals surface area contributed by atoms with Gasteiger partial charge < -0.3 is 5.32 Å². The van der Waals surface area contributed by atoms with Gasteiger partial charge >= 0.3 is 0 Å². The van der Waals surface area contributed by atoms with Gasteiger partial charge in [-0.3, -0.25) is 9.69 Å². The largest absolute Gasteiger partial charge is 0.355 e. The first kappa shape index (κ1) is 16.4. The number of nitrogens with zero attached hydrogens (tertiary/aromatic N) is 2. The molecule has 0 saturated carbocycles. The maximum atomic E-state index is 11.9. The van der Waals surface area contributed by atoms with Gasteiger partial charge in [-0.2, -0.15) is 0 Å². The van der Waals surface area contributed by atoms with Crippen LogP contribution >= 0.6 is 11.3 Å². The van der Waals surface area contributed by atoms with Crippen LogP contribution in [0.25, 0.3) is 10.2 Å². The molecule has 1 heterocycles. The van der Waals surface area contributed by atoms with Crippen molar-refractivity contribution < 1.29 is 4.79 Å². The van der Waals surface area contributed by atoms with Gasteiger partial charge in [0.1, 0.15) is 0 Å². The summed E-state index contributed by atoms with van der Waals surface area (Å²) in [5.41, 5.74) is 1.02. The van der Waals surface area contributed by atoms with Gasteiger partial charge in [0.05, 0.1) is 21.8 Å². The molecule has 1 N–H and O–H groups in total. The number of rotatable bonds is 9. The van der Waals surface area contributed by atoms with Crippen LogP contribution in [0.15, 0.2) is 49.6 Å². The summed E-state index contributed by atoms with van der Waals surface area (Å²) in [5, 5.41) is 3.99. The minimum absolute atomic E-state index is 0.0183. The Morgan fingerprint density at radius 1 is 1.27 bits per heavy atom. The molecule has 0 aliphatic heterocycles. The zero-order valence-corrected chi connectivity index (χ0v) is 13.4. The van der Waals surface area contributed by atoms with E-state index < -0.39 is 0 Å². The van der Waals surface area contributed by atoms with Crippen molar-refractivity contribution in [2.45, 2.75) is 6.42 Å². The van der Waals surface area contributed by atoms with E-state index in [2.05, 4.69) is 29.5 Å². The van der Waals surface area contributed by atoms with Crippen molar-refractivity contribution in [1.82, 2.24) is 15.2 Å². The number of fused-ring (bicyclic) bond motifs is 1. The van der Waals surface area contributed by atoms with Crippen molar-refractivity contribution in [2.75, 3.05) is 26.2 Å². The molecule has 2 aromatic rings. The highest BCUT2D eigenvalue weighted by molar-refractivity contribution is 7.18. The highest BCUT2D eigenvalue weighted by atomic mass is 32.1. The number of para-hydroxylation sites is 1. The quantitative estimate of drug-likeness (QED) is 0.724. The van der Waals surface area contributed by atoms with Crippen molar-refractivity contribution in [3.63, 3.8) is 0 Å². The molecule has 1 amide bonds. The van der Waals surface area contributed by atoms with Crippen LogP contribution in [0.1, 0.15) is 5.01 Å². The first-order chi connectivity index (χ1) is 10.7. The fourth-order valence-corrected chi connectivity index (χ4v) is 3.13. The Bertz CT molecular complexity index is 607. The first-order valence-corrected chi connectivity index (χ1v) is 8.10. The Morgan fingerprint density at radius 2 is 2.00 bits per heavy atom. The van der Waals surface area contributed by atoms with Crippen LogP contribution in [-0.2, 0) is 11.2 Å². The summed E-state index contributed by atoms with van der Waals surface area (Å²) in [5.74, 6) is 0.0183. The summed E-state index contributed by atoms with van der Waals surface area (Å²) in [4.78, 5) is 18.5. The molecule has 0 aliphatic carbocycles. The number of aromatic nitrogens is 1. The lowest BCUT2D eigenvalue weighted by Gasteiger charge is -2.17. The van der Waals surface area contributed by atoms with E-state index in [1.165, 1.54) is 4.70 Å². The van der Waals surface area contributed by atoms with Crippen molar-refractivity contribution in [3.8, 4) is 0 Å². The fourth-order valence-electron chi connectivity index (χ4n) is 2.16. The van der Waals surface area contributed by atoms with Crippen LogP contribution in [0.2, 0.25) is 0 Å². The molecule has 22 heavy (non-hydrogen) atoms. The third-order valence-electron chi connectivity index (χ3n) is 3.14. The van der Waals surface area contributed by atoms with Crippen molar-refractivity contribution >= 4 is 27.5 Å². The van der Waals surface area contributed by atoms with Crippen molar-refractivity contribution in [2.24, 2.45) is 0 Å². The average molecular weight is 315 g/mol. The lowest BCUT2D eigenvalue weighted by Crippen LogP contribution is -2.38. The van der Waals surface area contributed by atoms with E-state index in [0.29, 0.717) is 26.2 Å². The van der Waals surface area contributed by atoms with Crippen LogP contribution < -0.4 is 5.32 Å². The normalized spacial score (nSPS) is 10.8. The predicted molar refractivity (Wildman–Crippen MR) is 93.2 cm³/mol. The van der Waals surface area contributed by atoms with Crippen molar-refractivity contribution in [1.29, 1.82) is 0 Å². The summed E-state index contributed by atoms with van der Waals surface area (Å²) in [6, 6.07) is 8.08. The Hall–Kier alpha value is -1.98. The summed E-state index contributed by atoms with van der Waals surface area (Å²) in [6.07, 6.45) is 4.34. The minimum Gasteiger partial charge on any atom is -0.355 e. The van der Waals surface area contributed by atoms with Gasteiger partial charge in [-0.05, 0) is 12.1 Å². The molecule has 0 unspecified atom stereocenters. The minimum atomic E-state index is 0.0183. The highest BCUT2D eigenvalue weighted by Crippen LogP contribution is 2.21. The molecule has 0 bridgehead atoms. The fraction of sp³-hybridized carbons (Fsp3) is 0.294. The Morgan fingerprint density at radius 3 is 2.68 bits per heavy atom. The summed E-state index contributed by atoms with van der Waals surface area (Å²) < 4.78 is 1.19. The van der Waals surface area contributed by atoms with Gasteiger partial charge in [-0.1, -0.05) is 24.3 Å². The molecular formula is C17H21N3OS. The molecule has 0 atom stereocenters. The second-order valence-corrected chi connectivity index (χ2v) is 6.06. The van der Waals surface area contributed by atoms with Crippen LogP contribution in [0, 0.1) is 0 Å². The van der Waals surface area contributed by atoms with Crippen molar-refractivity contribution in [3.05, 3.63) is 54.6 Å². The van der Waals surface area contributed by atoms with Crippen LogP contribution in [0.5, 0.6) is 0 Å². The molecule has 0 fully saturated rings. The molecule has 1 aromatic carbocycles. The highest BCUT2D eigenvalue weighted by Gasteiger charge is 2.08. The van der Waals surface area contributed by atoms with Gasteiger partial charge in [0.2, 0.25) is 5.91 Å². The Balaban J connectivity index is 1.78. The van der Waals surface area contributed by atoms with Crippen LogP contribution in [-0.4, -0.2) is 42.0 Å². The number of hydrogen-bond acceptors (Lipinski definition) is 4. The molecule has 0 radical (unpaired) electrons. The summed E-state index contributed by atoms with van der Waals surface area (Å²) in [7, 11) is 0. The Labute approximate surface area is 135 Å². The number of hydrogen-bond donors (Lipinski definition) is 1. The molecule has 0 spiro atoms. The number of nitrogens with one attached hydrogen (secondary N) is 1. The summed E-state index contributed by atoms with van der Waals surface area (Å²) >= 11 is 1.68. The van der Waals surface area contributed by atoms with Gasteiger partial charge in [0, 0.05) is 26.1 Å². The summed E-state index contributed by atoms with van der Waals surface area (Å²) in [6.45, 7) is 9.72. The van der Waals surface area contributed by atoms with Gasteiger partial charge in [-0.15, -0.1) is 24.5 Å². The molecule has 1 aromatic heterocycles. The Kier molecular flexibility index (Phi) is 6.30. The van der Waals surface area contributed by atoms with E-state index in [-0.39, 0.29) is 5.91 Å². The monoisotopic (exact) mass is 315 g/mol. The third kappa shape index (κ3) is 4.79. The van der Waals surface area contributed by atoms with E-state index in [1.54, 1.807) is 23.5 Å². The number of thiazole rings is 1. The van der Waals surface area contributed by atoms with E-state index in [1.807, 2.05) is 23.1 Å². The lowest BCUT2D eigenvalue weighted by molar-refractivity contribution is -0.121. The third-order valence-corrected chi connectivity index (χ3v) is 4.24. The standard InChI is InChI=1S/C17H21N3OS/c1-3-11-20(12-4-2)13-16(21)18-10-9-17-19-14-7-5-6-8-15(14)22-17/h3-8H,1-2,9-13H2,(H,18,21). The molecule has 0 aliphatic rings. The SMILES string of the molecule is C=CCN(CC=C)CC(=O)NCCc1nc2ccccc2s1. The lowest BCUT2D eigenvalue weighted by atomic mass is 10.3. The maximum absolute atomic E-state index is 11.9. The molecule has 0 saturated heterocycles. The van der Waals surface area contributed by atoms with E-state index in [9.17, 15) is 4.79 Å². The first-order valence-electron chi connectivity index (χ1n) is 7.28. The number of benzene rings is 1. The van der Waals surface area contributed by atoms with Gasteiger partial charge in [-0.25, -0.2) is 4.98 Å². The maximum Gasteiger partial charge on any atom is 0.234 e. The molecular weight excluding hydrogens is 294 g/mol. The zero-order chi connectivity index (χ0) is 15.8. The number of carbonyl (C=O) groups is 1. The van der Waals surface area contributed by atoms with Crippen LogP contribution in [0.4, 0.5) is 0 Å². The molecule has 4 nitrogen and oxygen atoms in total. The number of carbonyl (C=O) groups excluding carboxylic acids is 1. The molecule has 2 rings (SSSR count). The van der Waals surface area contributed by atoms with Crippen LogP contribution in [0.3, 0.4) is 0 Å². The smallest absolute Gasteiger partial charge is 0.234 e.